The van der Waals surface area contributed by atoms with Gasteiger partial charge in [0.15, 0.2) is 0 Å². The zero-order chi connectivity index (χ0) is 20.9. The SMILES string of the molecule is CCCCCCCC[C@H](NC(=O)[C@H](Cc1ccccc1F)NC(C)=O)C(N)=O. The molecule has 0 bridgehead atoms. The summed E-state index contributed by atoms with van der Waals surface area (Å²) in [5.41, 5.74) is 5.73. The van der Waals surface area contributed by atoms with Gasteiger partial charge in [0.05, 0.1) is 0 Å². The van der Waals surface area contributed by atoms with Crippen LogP contribution < -0.4 is 16.4 Å². The lowest BCUT2D eigenvalue weighted by atomic mass is 10.0. The minimum atomic E-state index is -0.985. The molecule has 4 N–H and O–H groups in total. The highest BCUT2D eigenvalue weighted by molar-refractivity contribution is 5.91. The largest absolute Gasteiger partial charge is 0.368 e. The number of carbonyl (C=O) groups excluding carboxylic acids is 3. The first-order chi connectivity index (χ1) is 13.3. The van der Waals surface area contributed by atoms with Crippen molar-refractivity contribution in [2.45, 2.75) is 77.3 Å². The molecule has 0 radical (unpaired) electrons. The van der Waals surface area contributed by atoms with Crippen LogP contribution in [0.15, 0.2) is 24.3 Å². The molecule has 0 aliphatic heterocycles. The van der Waals surface area contributed by atoms with E-state index < -0.39 is 35.6 Å². The molecular weight excluding hydrogens is 361 g/mol. The number of unbranched alkanes of at least 4 members (excludes halogenated alkanes) is 5. The third kappa shape index (κ3) is 8.97. The Labute approximate surface area is 166 Å². The summed E-state index contributed by atoms with van der Waals surface area (Å²) in [6.07, 6.45) is 6.74. The number of hydrogen-bond donors (Lipinski definition) is 3. The summed E-state index contributed by atoms with van der Waals surface area (Å²) >= 11 is 0. The first-order valence-corrected chi connectivity index (χ1v) is 9.95. The lowest BCUT2D eigenvalue weighted by Crippen LogP contribution is -2.53. The van der Waals surface area contributed by atoms with Gasteiger partial charge in [-0.25, -0.2) is 4.39 Å². The second kappa shape index (κ2) is 12.9. The van der Waals surface area contributed by atoms with Crippen molar-refractivity contribution in [2.75, 3.05) is 0 Å². The Kier molecular flexibility index (Phi) is 10.8. The number of benzene rings is 1. The number of carbonyl (C=O) groups is 3. The van der Waals surface area contributed by atoms with Gasteiger partial charge in [0, 0.05) is 13.3 Å². The van der Waals surface area contributed by atoms with Crippen LogP contribution in [-0.2, 0) is 20.8 Å². The minimum Gasteiger partial charge on any atom is -0.368 e. The number of amides is 3. The van der Waals surface area contributed by atoms with E-state index in [1.165, 1.54) is 19.4 Å². The van der Waals surface area contributed by atoms with Crippen LogP contribution in [0.5, 0.6) is 0 Å². The Morgan fingerprint density at radius 2 is 1.64 bits per heavy atom. The lowest BCUT2D eigenvalue weighted by Gasteiger charge is -2.22. The van der Waals surface area contributed by atoms with E-state index in [0.717, 1.165) is 32.1 Å². The molecule has 0 saturated heterocycles. The van der Waals surface area contributed by atoms with E-state index in [4.69, 9.17) is 5.73 Å². The van der Waals surface area contributed by atoms with Gasteiger partial charge in [0.2, 0.25) is 17.7 Å². The van der Waals surface area contributed by atoms with Crippen molar-refractivity contribution < 1.29 is 18.8 Å². The van der Waals surface area contributed by atoms with Gasteiger partial charge in [-0.05, 0) is 18.1 Å². The molecule has 1 aromatic rings. The predicted octanol–water partition coefficient (Wildman–Crippen LogP) is 2.59. The standard InChI is InChI=1S/C21H32FN3O3/c1-3-4-5-6-7-8-13-18(20(23)27)25-21(28)19(24-15(2)26)14-16-11-9-10-12-17(16)22/h9-12,18-19H,3-8,13-14H2,1-2H3,(H2,23,27)(H,24,26)(H,25,28)/t18-,19-/m0/s1. The fraction of sp³-hybridized carbons (Fsp3) is 0.571. The van der Waals surface area contributed by atoms with Crippen LogP contribution >= 0.6 is 0 Å². The zero-order valence-electron chi connectivity index (χ0n) is 16.8. The van der Waals surface area contributed by atoms with Gasteiger partial charge in [-0.2, -0.15) is 0 Å². The van der Waals surface area contributed by atoms with Crippen molar-refractivity contribution in [1.82, 2.24) is 10.6 Å². The van der Waals surface area contributed by atoms with E-state index in [-0.39, 0.29) is 6.42 Å². The van der Waals surface area contributed by atoms with E-state index in [1.807, 2.05) is 0 Å². The molecule has 3 amide bonds. The molecule has 0 aliphatic carbocycles. The first kappa shape index (κ1) is 23.6. The van der Waals surface area contributed by atoms with Crippen LogP contribution in [0.4, 0.5) is 4.39 Å². The Bertz CT molecular complexity index is 652. The number of primary amides is 1. The Balaban J connectivity index is 2.67. The average molecular weight is 394 g/mol. The fourth-order valence-corrected chi connectivity index (χ4v) is 3.03. The van der Waals surface area contributed by atoms with Gasteiger partial charge >= 0.3 is 0 Å². The van der Waals surface area contributed by atoms with E-state index in [9.17, 15) is 18.8 Å². The van der Waals surface area contributed by atoms with E-state index in [0.29, 0.717) is 12.0 Å². The molecule has 0 heterocycles. The average Bonchev–Trinajstić information content (AvgIpc) is 2.64. The summed E-state index contributed by atoms with van der Waals surface area (Å²) in [4.78, 5) is 35.8. The molecule has 0 unspecified atom stereocenters. The Hall–Kier alpha value is -2.44. The maximum Gasteiger partial charge on any atom is 0.243 e. The molecule has 1 rings (SSSR count). The van der Waals surface area contributed by atoms with Crippen LogP contribution in [0.25, 0.3) is 0 Å². The molecule has 6 nitrogen and oxygen atoms in total. The van der Waals surface area contributed by atoms with Crippen LogP contribution in [0.3, 0.4) is 0 Å². The van der Waals surface area contributed by atoms with Crippen molar-refractivity contribution in [3.05, 3.63) is 35.6 Å². The van der Waals surface area contributed by atoms with Crippen LogP contribution in [0, 0.1) is 5.82 Å². The van der Waals surface area contributed by atoms with Crippen molar-refractivity contribution in [1.29, 1.82) is 0 Å². The third-order valence-electron chi connectivity index (χ3n) is 4.58. The van der Waals surface area contributed by atoms with E-state index in [2.05, 4.69) is 17.6 Å². The molecule has 2 atom stereocenters. The molecule has 7 heteroatoms. The summed E-state index contributed by atoms with van der Waals surface area (Å²) < 4.78 is 13.9. The van der Waals surface area contributed by atoms with Gasteiger partial charge in [-0.15, -0.1) is 0 Å². The van der Waals surface area contributed by atoms with Crippen molar-refractivity contribution >= 4 is 17.7 Å². The topological polar surface area (TPSA) is 101 Å². The summed E-state index contributed by atoms with van der Waals surface area (Å²) in [5.74, 6) is -2.03. The highest BCUT2D eigenvalue weighted by atomic mass is 19.1. The molecule has 156 valence electrons. The second-order valence-corrected chi connectivity index (χ2v) is 7.07. The molecule has 0 aromatic heterocycles. The number of halogens is 1. The Morgan fingerprint density at radius 1 is 1.00 bits per heavy atom. The van der Waals surface area contributed by atoms with Gasteiger partial charge in [0.25, 0.3) is 0 Å². The summed E-state index contributed by atoms with van der Waals surface area (Å²) in [7, 11) is 0. The number of nitrogens with one attached hydrogen (secondary N) is 2. The quantitative estimate of drug-likeness (QED) is 0.449. The van der Waals surface area contributed by atoms with E-state index in [1.54, 1.807) is 18.2 Å². The van der Waals surface area contributed by atoms with Crippen molar-refractivity contribution in [2.24, 2.45) is 5.73 Å². The normalized spacial score (nSPS) is 12.8. The summed E-state index contributed by atoms with van der Waals surface area (Å²) in [6, 6.07) is 4.26. The smallest absolute Gasteiger partial charge is 0.243 e. The molecule has 28 heavy (non-hydrogen) atoms. The minimum absolute atomic E-state index is 0.0133. The second-order valence-electron chi connectivity index (χ2n) is 7.07. The molecule has 0 aliphatic rings. The molecule has 0 spiro atoms. The monoisotopic (exact) mass is 393 g/mol. The molecule has 1 aromatic carbocycles. The lowest BCUT2D eigenvalue weighted by molar-refractivity contribution is -0.131. The van der Waals surface area contributed by atoms with Gasteiger partial charge in [-0.3, -0.25) is 14.4 Å². The maximum absolute atomic E-state index is 13.9. The predicted molar refractivity (Wildman–Crippen MR) is 107 cm³/mol. The number of hydrogen-bond acceptors (Lipinski definition) is 3. The highest BCUT2D eigenvalue weighted by Crippen LogP contribution is 2.11. The highest BCUT2D eigenvalue weighted by Gasteiger charge is 2.25. The van der Waals surface area contributed by atoms with Crippen molar-refractivity contribution in [3.8, 4) is 0 Å². The number of nitrogens with two attached hydrogens (primary N) is 1. The molecule has 0 fully saturated rings. The van der Waals surface area contributed by atoms with Crippen LogP contribution in [-0.4, -0.2) is 29.8 Å². The van der Waals surface area contributed by atoms with Gasteiger partial charge in [-0.1, -0.05) is 63.6 Å². The van der Waals surface area contributed by atoms with E-state index >= 15 is 0 Å². The zero-order valence-corrected chi connectivity index (χ0v) is 16.8. The van der Waals surface area contributed by atoms with Crippen LogP contribution in [0.1, 0.15) is 64.4 Å². The molecular formula is C21H32FN3O3. The van der Waals surface area contributed by atoms with Gasteiger partial charge < -0.3 is 16.4 Å². The van der Waals surface area contributed by atoms with Gasteiger partial charge in [0.1, 0.15) is 17.9 Å². The first-order valence-electron chi connectivity index (χ1n) is 9.95. The summed E-state index contributed by atoms with van der Waals surface area (Å²) in [5, 5.41) is 5.13. The fourth-order valence-electron chi connectivity index (χ4n) is 3.03. The maximum atomic E-state index is 13.9. The number of rotatable bonds is 13. The summed E-state index contributed by atoms with van der Waals surface area (Å²) in [6.45, 7) is 3.43. The molecule has 0 saturated carbocycles. The Morgan fingerprint density at radius 3 is 2.25 bits per heavy atom. The third-order valence-corrected chi connectivity index (χ3v) is 4.58. The van der Waals surface area contributed by atoms with Crippen molar-refractivity contribution in [3.63, 3.8) is 0 Å². The van der Waals surface area contributed by atoms with Crippen LogP contribution in [0.2, 0.25) is 0 Å².